The molecule has 0 bridgehead atoms. The van der Waals surface area contributed by atoms with Gasteiger partial charge in [0.15, 0.2) is 0 Å². The molecule has 1 saturated carbocycles. The summed E-state index contributed by atoms with van der Waals surface area (Å²) < 4.78 is 0. The molecule has 0 aliphatic heterocycles. The van der Waals surface area contributed by atoms with Crippen LogP contribution in [0.15, 0.2) is 189 Å². The van der Waals surface area contributed by atoms with Crippen LogP contribution < -0.4 is 9.80 Å². The lowest BCUT2D eigenvalue weighted by Crippen LogP contribution is -2.27. The molecule has 2 heteroatoms. The normalized spacial score (nSPS) is 14.9. The van der Waals surface area contributed by atoms with Gasteiger partial charge in [0.05, 0.1) is 0 Å². The van der Waals surface area contributed by atoms with E-state index in [2.05, 4.69) is 177 Å². The van der Waals surface area contributed by atoms with Gasteiger partial charge >= 0.3 is 0 Å². The lowest BCUT2D eigenvalue weighted by molar-refractivity contribution is 0.357. The Hall–Kier alpha value is -5.34. The maximum atomic E-state index is 3.96. The molecule has 5 rings (SSSR count). The van der Waals surface area contributed by atoms with Crippen molar-refractivity contribution in [2.45, 2.75) is 57.8 Å². The zero-order valence-electron chi connectivity index (χ0n) is 29.2. The SMILES string of the molecule is C=C/C=C\C=C\N(/C(C)=C/C=C\CC)c1ccc(-c2ccc(N(c3ccccc3)c3cccc(C4(/C=C/C=C)CCCCC4)c3)cc2)cc1. The first-order valence-corrected chi connectivity index (χ1v) is 17.6. The zero-order chi connectivity index (χ0) is 34.3. The van der Waals surface area contributed by atoms with E-state index in [1.54, 1.807) is 6.08 Å². The quantitative estimate of drug-likeness (QED) is 0.126. The molecule has 0 N–H and O–H groups in total. The first-order chi connectivity index (χ1) is 24.1. The highest BCUT2D eigenvalue weighted by Gasteiger charge is 2.31. The molecule has 0 atom stereocenters. The molecule has 1 aliphatic rings. The lowest BCUT2D eigenvalue weighted by Gasteiger charge is -2.36. The third kappa shape index (κ3) is 8.97. The Balaban J connectivity index is 1.46. The summed E-state index contributed by atoms with van der Waals surface area (Å²) in [5.41, 5.74) is 9.49. The van der Waals surface area contributed by atoms with Crippen LogP contribution in [0.1, 0.15) is 57.9 Å². The molecule has 0 amide bonds. The highest BCUT2D eigenvalue weighted by molar-refractivity contribution is 5.79. The van der Waals surface area contributed by atoms with Crippen LogP contribution in [-0.4, -0.2) is 0 Å². The number of hydrogen-bond donors (Lipinski definition) is 0. The highest BCUT2D eigenvalue weighted by Crippen LogP contribution is 2.43. The number of anilines is 4. The zero-order valence-corrected chi connectivity index (χ0v) is 29.2. The second-order valence-corrected chi connectivity index (χ2v) is 12.6. The topological polar surface area (TPSA) is 6.48 Å². The fourth-order valence-electron chi connectivity index (χ4n) is 6.69. The average Bonchev–Trinajstić information content (AvgIpc) is 3.15. The summed E-state index contributed by atoms with van der Waals surface area (Å²) in [6.45, 7) is 12.0. The highest BCUT2D eigenvalue weighted by atomic mass is 15.1. The van der Waals surface area contributed by atoms with Gasteiger partial charge in [-0.1, -0.05) is 143 Å². The largest absolute Gasteiger partial charge is 0.321 e. The summed E-state index contributed by atoms with van der Waals surface area (Å²) in [4.78, 5) is 4.58. The van der Waals surface area contributed by atoms with Crippen LogP contribution in [0.5, 0.6) is 0 Å². The van der Waals surface area contributed by atoms with Crippen molar-refractivity contribution >= 4 is 22.7 Å². The van der Waals surface area contributed by atoms with E-state index in [9.17, 15) is 0 Å². The number of allylic oxidation sites excluding steroid dienone is 11. The van der Waals surface area contributed by atoms with E-state index in [1.807, 2.05) is 24.3 Å². The lowest BCUT2D eigenvalue weighted by atomic mass is 9.69. The molecule has 0 radical (unpaired) electrons. The molecule has 1 fully saturated rings. The fourth-order valence-corrected chi connectivity index (χ4v) is 6.69. The van der Waals surface area contributed by atoms with E-state index in [0.717, 1.165) is 29.2 Å². The molecule has 0 heterocycles. The van der Waals surface area contributed by atoms with Crippen LogP contribution in [0.4, 0.5) is 22.7 Å². The Bertz CT molecular complexity index is 1790. The van der Waals surface area contributed by atoms with Gasteiger partial charge in [-0.2, -0.15) is 0 Å². The van der Waals surface area contributed by atoms with Gasteiger partial charge in [0.2, 0.25) is 0 Å². The van der Waals surface area contributed by atoms with Crippen LogP contribution >= 0.6 is 0 Å². The summed E-state index contributed by atoms with van der Waals surface area (Å²) in [5, 5.41) is 0. The van der Waals surface area contributed by atoms with Crippen LogP contribution in [0, 0.1) is 0 Å². The summed E-state index contributed by atoms with van der Waals surface area (Å²) >= 11 is 0. The first-order valence-electron chi connectivity index (χ1n) is 17.6. The molecule has 2 nitrogen and oxygen atoms in total. The molecule has 0 aromatic heterocycles. The fraction of sp³-hybridized carbons (Fsp3) is 0.191. The average molecular weight is 643 g/mol. The Labute approximate surface area is 295 Å². The molecule has 4 aromatic carbocycles. The van der Waals surface area contributed by atoms with Gasteiger partial charge in [-0.25, -0.2) is 0 Å². The van der Waals surface area contributed by atoms with E-state index >= 15 is 0 Å². The number of para-hydroxylation sites is 1. The second-order valence-electron chi connectivity index (χ2n) is 12.6. The van der Waals surface area contributed by atoms with Gasteiger partial charge in [-0.15, -0.1) is 0 Å². The number of benzene rings is 4. The van der Waals surface area contributed by atoms with Crippen LogP contribution in [0.3, 0.4) is 0 Å². The van der Waals surface area contributed by atoms with Gasteiger partial charge in [0, 0.05) is 40.1 Å². The molecule has 4 aromatic rings. The van der Waals surface area contributed by atoms with Crippen molar-refractivity contribution in [2.24, 2.45) is 0 Å². The number of nitrogens with zero attached hydrogens (tertiary/aromatic N) is 2. The van der Waals surface area contributed by atoms with Crippen molar-refractivity contribution in [1.82, 2.24) is 0 Å². The minimum atomic E-state index is 0.0506. The molecule has 0 unspecified atom stereocenters. The summed E-state index contributed by atoms with van der Waals surface area (Å²) in [6, 6.07) is 37.6. The van der Waals surface area contributed by atoms with Crippen LogP contribution in [0.25, 0.3) is 11.1 Å². The van der Waals surface area contributed by atoms with E-state index in [-0.39, 0.29) is 5.41 Å². The molecule has 49 heavy (non-hydrogen) atoms. The maximum absolute atomic E-state index is 3.96. The molecular formula is C47H50N2. The van der Waals surface area contributed by atoms with Crippen molar-refractivity contribution in [3.8, 4) is 11.1 Å². The summed E-state index contributed by atoms with van der Waals surface area (Å²) in [5.74, 6) is 0. The van der Waals surface area contributed by atoms with Gasteiger partial charge in [0.25, 0.3) is 0 Å². The van der Waals surface area contributed by atoms with E-state index < -0.39 is 0 Å². The van der Waals surface area contributed by atoms with Crippen LogP contribution in [-0.2, 0) is 5.41 Å². The summed E-state index contributed by atoms with van der Waals surface area (Å²) in [6.07, 6.45) is 29.9. The third-order valence-electron chi connectivity index (χ3n) is 9.28. The first kappa shape index (κ1) is 35.0. The monoisotopic (exact) mass is 642 g/mol. The third-order valence-corrected chi connectivity index (χ3v) is 9.28. The molecule has 0 spiro atoms. The second kappa shape index (κ2) is 17.7. The van der Waals surface area contributed by atoms with E-state index in [0.29, 0.717) is 0 Å². The minimum Gasteiger partial charge on any atom is -0.321 e. The maximum Gasteiger partial charge on any atom is 0.0464 e. The van der Waals surface area contributed by atoms with Crippen molar-refractivity contribution in [1.29, 1.82) is 0 Å². The van der Waals surface area contributed by atoms with Gasteiger partial charge in [0.1, 0.15) is 0 Å². The Morgan fingerprint density at radius 1 is 0.653 bits per heavy atom. The summed E-state index contributed by atoms with van der Waals surface area (Å²) in [7, 11) is 0. The van der Waals surface area contributed by atoms with Gasteiger partial charge in [-0.3, -0.25) is 0 Å². The Kier molecular flexibility index (Phi) is 12.6. The molecule has 248 valence electrons. The van der Waals surface area contributed by atoms with Crippen molar-refractivity contribution in [3.05, 3.63) is 195 Å². The number of rotatable bonds is 14. The smallest absolute Gasteiger partial charge is 0.0464 e. The predicted octanol–water partition coefficient (Wildman–Crippen LogP) is 13.7. The Morgan fingerprint density at radius 3 is 1.94 bits per heavy atom. The predicted molar refractivity (Wildman–Crippen MR) is 215 cm³/mol. The van der Waals surface area contributed by atoms with E-state index in [1.165, 1.54) is 54.5 Å². The van der Waals surface area contributed by atoms with Crippen molar-refractivity contribution in [3.63, 3.8) is 0 Å². The minimum absolute atomic E-state index is 0.0506. The Morgan fingerprint density at radius 2 is 1.29 bits per heavy atom. The van der Waals surface area contributed by atoms with Gasteiger partial charge in [-0.05, 0) is 104 Å². The molecular weight excluding hydrogens is 593 g/mol. The molecule has 0 saturated heterocycles. The standard InChI is InChI=1S/C47H50N2/c1-5-8-11-19-37-48(39(4)21-14-9-6-2)43-30-26-40(27-31-43)41-28-32-45(33-29-41)49(44-23-15-12-16-24-44)46-25-20-22-42(38-46)47(34-10-7-3)35-17-13-18-36-47/h5,7-12,14-16,19-34,37-38H,1,3,6,13,17-18,35-36H2,2,4H3/b11-8-,14-9-,34-10+,37-19+,39-21+. The van der Waals surface area contributed by atoms with Gasteiger partial charge < -0.3 is 9.80 Å². The van der Waals surface area contributed by atoms with Crippen molar-refractivity contribution < 1.29 is 0 Å². The van der Waals surface area contributed by atoms with Crippen molar-refractivity contribution in [2.75, 3.05) is 9.80 Å². The molecule has 1 aliphatic carbocycles. The number of hydrogen-bond acceptors (Lipinski definition) is 2. The van der Waals surface area contributed by atoms with Crippen LogP contribution in [0.2, 0.25) is 0 Å². The van der Waals surface area contributed by atoms with E-state index in [4.69, 9.17) is 0 Å².